The summed E-state index contributed by atoms with van der Waals surface area (Å²) >= 11 is 21.7. The molecule has 0 spiro atoms. The highest BCUT2D eigenvalue weighted by atomic mass is 79.9. The van der Waals surface area contributed by atoms with Gasteiger partial charge in [0, 0.05) is 20.6 Å². The number of nitriles is 1. The number of hydrogen-bond donors (Lipinski definition) is 0. The highest BCUT2D eigenvalue weighted by Crippen LogP contribution is 2.38. The van der Waals surface area contributed by atoms with Crippen molar-refractivity contribution in [3.05, 3.63) is 90.8 Å². The summed E-state index contributed by atoms with van der Waals surface area (Å²) < 4.78 is 12.1. The zero-order valence-electron chi connectivity index (χ0n) is 15.8. The predicted molar refractivity (Wildman–Crippen MR) is 126 cm³/mol. The van der Waals surface area contributed by atoms with Crippen molar-refractivity contribution < 1.29 is 9.47 Å². The van der Waals surface area contributed by atoms with Crippen LogP contribution < -0.4 is 9.47 Å². The van der Waals surface area contributed by atoms with Crippen LogP contribution >= 0.6 is 50.7 Å². The molecule has 30 heavy (non-hydrogen) atoms. The molecule has 0 aromatic heterocycles. The van der Waals surface area contributed by atoms with E-state index >= 15 is 0 Å². The molecule has 0 saturated carbocycles. The number of hydrogen-bond acceptors (Lipinski definition) is 3. The number of halogens is 4. The van der Waals surface area contributed by atoms with Crippen molar-refractivity contribution in [1.29, 1.82) is 5.26 Å². The van der Waals surface area contributed by atoms with Crippen LogP contribution in [0.25, 0.3) is 11.6 Å². The minimum absolute atomic E-state index is 0.242. The summed E-state index contributed by atoms with van der Waals surface area (Å²) in [6.45, 7) is 0.242. The Morgan fingerprint density at radius 2 is 1.83 bits per heavy atom. The lowest BCUT2D eigenvalue weighted by atomic mass is 10.0. The van der Waals surface area contributed by atoms with Crippen LogP contribution in [0.5, 0.6) is 11.5 Å². The first-order chi connectivity index (χ1) is 14.4. The van der Waals surface area contributed by atoms with Crippen LogP contribution in [0, 0.1) is 11.3 Å². The van der Waals surface area contributed by atoms with E-state index in [1.165, 1.54) is 0 Å². The quantitative estimate of drug-likeness (QED) is 0.242. The predicted octanol–water partition coefficient (Wildman–Crippen LogP) is 8.06. The first kappa shape index (κ1) is 22.5. The maximum absolute atomic E-state index is 9.59. The van der Waals surface area contributed by atoms with Gasteiger partial charge < -0.3 is 9.47 Å². The van der Waals surface area contributed by atoms with Crippen LogP contribution in [0.2, 0.25) is 15.1 Å². The summed E-state index contributed by atoms with van der Waals surface area (Å²) in [4.78, 5) is 0. The van der Waals surface area contributed by atoms with E-state index in [4.69, 9.17) is 44.3 Å². The molecule has 0 unspecified atom stereocenters. The van der Waals surface area contributed by atoms with Gasteiger partial charge in [-0.3, -0.25) is 0 Å². The molecule has 3 aromatic carbocycles. The fourth-order valence-corrected chi connectivity index (χ4v) is 3.98. The van der Waals surface area contributed by atoms with Crippen molar-refractivity contribution in [1.82, 2.24) is 0 Å². The number of methoxy groups -OCH3 is 1. The highest BCUT2D eigenvalue weighted by Gasteiger charge is 2.13. The lowest BCUT2D eigenvalue weighted by Crippen LogP contribution is -2.00. The first-order valence-corrected chi connectivity index (χ1v) is 10.7. The lowest BCUT2D eigenvalue weighted by Gasteiger charge is -2.14. The second-order valence-corrected chi connectivity index (χ2v) is 8.37. The third-order valence-corrected chi connectivity index (χ3v) is 5.62. The lowest BCUT2D eigenvalue weighted by molar-refractivity contribution is 0.282. The van der Waals surface area contributed by atoms with Crippen LogP contribution in [-0.4, -0.2) is 7.11 Å². The van der Waals surface area contributed by atoms with Gasteiger partial charge in [-0.05, 0) is 69.5 Å². The van der Waals surface area contributed by atoms with E-state index < -0.39 is 0 Å². The Labute approximate surface area is 198 Å². The summed E-state index contributed by atoms with van der Waals surface area (Å²) in [6.07, 6.45) is 1.76. The summed E-state index contributed by atoms with van der Waals surface area (Å²) in [6, 6.07) is 18.2. The van der Waals surface area contributed by atoms with Crippen LogP contribution in [0.4, 0.5) is 0 Å². The highest BCUT2D eigenvalue weighted by molar-refractivity contribution is 9.10. The average Bonchev–Trinajstić information content (AvgIpc) is 2.72. The number of rotatable bonds is 6. The Morgan fingerprint density at radius 3 is 2.50 bits per heavy atom. The zero-order valence-corrected chi connectivity index (χ0v) is 19.6. The number of benzene rings is 3. The van der Waals surface area contributed by atoms with E-state index in [2.05, 4.69) is 22.0 Å². The summed E-state index contributed by atoms with van der Waals surface area (Å²) in [5.41, 5.74) is 2.78. The van der Waals surface area contributed by atoms with E-state index in [0.29, 0.717) is 36.6 Å². The Bertz CT molecular complexity index is 1160. The molecule has 0 radical (unpaired) electrons. The van der Waals surface area contributed by atoms with Gasteiger partial charge in [0.2, 0.25) is 0 Å². The zero-order chi connectivity index (χ0) is 21.7. The molecule has 3 nitrogen and oxygen atoms in total. The molecule has 0 saturated heterocycles. The van der Waals surface area contributed by atoms with Gasteiger partial charge in [-0.1, -0.05) is 53.0 Å². The van der Waals surface area contributed by atoms with Gasteiger partial charge in [0.15, 0.2) is 11.5 Å². The van der Waals surface area contributed by atoms with Gasteiger partial charge in [-0.25, -0.2) is 0 Å². The van der Waals surface area contributed by atoms with Gasteiger partial charge in [-0.15, -0.1) is 0 Å². The standard InChI is InChI=1S/C23H15BrCl3NO2/c1-29-22-9-14(7-17(12-28)15-3-2-4-18(25)10-15)8-20(24)23(22)30-13-16-5-6-19(26)11-21(16)27/h2-11H,13H2,1H3/b17-7-. The number of nitrogens with zero attached hydrogens (tertiary/aromatic N) is 1. The van der Waals surface area contributed by atoms with Crippen molar-refractivity contribution >= 4 is 62.4 Å². The molecule has 0 atom stereocenters. The first-order valence-electron chi connectivity index (χ1n) is 8.73. The van der Waals surface area contributed by atoms with Gasteiger partial charge in [0.05, 0.1) is 23.2 Å². The van der Waals surface area contributed by atoms with Crippen molar-refractivity contribution in [2.45, 2.75) is 6.61 Å². The number of ether oxygens (including phenoxy) is 2. The average molecular weight is 524 g/mol. The topological polar surface area (TPSA) is 42.2 Å². The molecular weight excluding hydrogens is 509 g/mol. The second-order valence-electron chi connectivity index (χ2n) is 6.24. The van der Waals surface area contributed by atoms with E-state index in [1.807, 2.05) is 18.2 Å². The minimum atomic E-state index is 0.242. The van der Waals surface area contributed by atoms with Crippen molar-refractivity contribution in [2.24, 2.45) is 0 Å². The smallest absolute Gasteiger partial charge is 0.175 e. The number of allylic oxidation sites excluding steroid dienone is 1. The van der Waals surface area contributed by atoms with Gasteiger partial charge >= 0.3 is 0 Å². The molecule has 3 rings (SSSR count). The summed E-state index contributed by atoms with van der Waals surface area (Å²) in [5, 5.41) is 11.2. The van der Waals surface area contributed by atoms with Gasteiger partial charge in [-0.2, -0.15) is 5.26 Å². The van der Waals surface area contributed by atoms with Gasteiger partial charge in [0.1, 0.15) is 6.61 Å². The molecule has 152 valence electrons. The van der Waals surface area contributed by atoms with Crippen molar-refractivity contribution in [3.8, 4) is 17.6 Å². The molecule has 0 bridgehead atoms. The summed E-state index contributed by atoms with van der Waals surface area (Å²) in [5.74, 6) is 1.05. The molecule has 0 heterocycles. The molecule has 0 fully saturated rings. The summed E-state index contributed by atoms with van der Waals surface area (Å²) in [7, 11) is 1.56. The monoisotopic (exact) mass is 521 g/mol. The normalized spacial score (nSPS) is 11.1. The fraction of sp³-hybridized carbons (Fsp3) is 0.0870. The van der Waals surface area contributed by atoms with Crippen molar-refractivity contribution in [3.63, 3.8) is 0 Å². The Balaban J connectivity index is 1.90. The SMILES string of the molecule is COc1cc(/C=C(/C#N)c2cccc(Cl)c2)cc(Br)c1OCc1ccc(Cl)cc1Cl. The largest absolute Gasteiger partial charge is 0.493 e. The molecule has 7 heteroatoms. The van der Waals surface area contributed by atoms with Crippen molar-refractivity contribution in [2.75, 3.05) is 7.11 Å². The van der Waals surface area contributed by atoms with Crippen LogP contribution in [0.3, 0.4) is 0 Å². The van der Waals surface area contributed by atoms with E-state index in [-0.39, 0.29) is 6.61 Å². The van der Waals surface area contributed by atoms with E-state index in [1.54, 1.807) is 49.6 Å². The van der Waals surface area contributed by atoms with E-state index in [9.17, 15) is 5.26 Å². The molecule has 0 N–H and O–H groups in total. The Morgan fingerprint density at radius 1 is 1.07 bits per heavy atom. The molecular formula is C23H15BrCl3NO2. The maximum Gasteiger partial charge on any atom is 0.175 e. The second kappa shape index (κ2) is 10.2. The van der Waals surface area contributed by atoms with E-state index in [0.717, 1.165) is 16.7 Å². The minimum Gasteiger partial charge on any atom is -0.493 e. The van der Waals surface area contributed by atoms with Crippen LogP contribution in [-0.2, 0) is 6.61 Å². The molecule has 0 aliphatic carbocycles. The van der Waals surface area contributed by atoms with Crippen LogP contribution in [0.15, 0.2) is 59.1 Å². The third-order valence-electron chi connectivity index (χ3n) is 4.21. The van der Waals surface area contributed by atoms with Gasteiger partial charge in [0.25, 0.3) is 0 Å². The molecule has 3 aromatic rings. The molecule has 0 amide bonds. The molecule has 0 aliphatic heterocycles. The van der Waals surface area contributed by atoms with Crippen LogP contribution in [0.1, 0.15) is 16.7 Å². The maximum atomic E-state index is 9.59. The Hall–Kier alpha value is -2.16. The molecule has 0 aliphatic rings. The fourth-order valence-electron chi connectivity index (χ4n) is 2.75. The third kappa shape index (κ3) is 5.50. The Kier molecular flexibility index (Phi) is 7.69.